The van der Waals surface area contributed by atoms with Crippen molar-refractivity contribution in [1.29, 1.82) is 0 Å². The quantitative estimate of drug-likeness (QED) is 0.362. The summed E-state index contributed by atoms with van der Waals surface area (Å²) in [5.74, 6) is 2.44. The third-order valence-corrected chi connectivity index (χ3v) is 5.10. The van der Waals surface area contributed by atoms with E-state index in [-0.39, 0.29) is 0 Å². The molecule has 0 spiro atoms. The summed E-state index contributed by atoms with van der Waals surface area (Å²) in [6, 6.07) is 28.0. The molecule has 0 unspecified atom stereocenters. The number of nitrogens with one attached hydrogen (secondary N) is 1. The van der Waals surface area contributed by atoms with Crippen LogP contribution in [0.25, 0.3) is 33.3 Å². The van der Waals surface area contributed by atoms with Crippen molar-refractivity contribution in [3.8, 4) is 39.5 Å². The highest BCUT2D eigenvalue weighted by atomic mass is 16.5. The Morgan fingerprint density at radius 1 is 0.733 bits per heavy atom. The van der Waals surface area contributed by atoms with Gasteiger partial charge in [0.2, 0.25) is 0 Å². The van der Waals surface area contributed by atoms with E-state index in [0.717, 1.165) is 50.5 Å². The summed E-state index contributed by atoms with van der Waals surface area (Å²) >= 11 is 0. The molecule has 0 saturated heterocycles. The van der Waals surface area contributed by atoms with Crippen LogP contribution in [0.5, 0.6) is 17.2 Å². The number of nitrogens with zero attached hydrogens (tertiary/aromatic N) is 1. The van der Waals surface area contributed by atoms with Crippen LogP contribution in [0.2, 0.25) is 0 Å². The molecule has 2 heterocycles. The monoisotopic (exact) mass is 392 g/mol. The van der Waals surface area contributed by atoms with Crippen LogP contribution in [0.15, 0.2) is 97.3 Å². The lowest BCUT2D eigenvalue weighted by Crippen LogP contribution is -1.89. The van der Waals surface area contributed by atoms with Crippen molar-refractivity contribution in [2.45, 2.75) is 0 Å². The van der Waals surface area contributed by atoms with Crippen LogP contribution in [0.4, 0.5) is 0 Å². The molecule has 4 nitrogen and oxygen atoms in total. The van der Waals surface area contributed by atoms with E-state index in [9.17, 15) is 0 Å². The highest BCUT2D eigenvalue weighted by molar-refractivity contribution is 5.96. The molecule has 0 aliphatic heterocycles. The molecule has 0 saturated carbocycles. The van der Waals surface area contributed by atoms with E-state index < -0.39 is 0 Å². The van der Waals surface area contributed by atoms with Gasteiger partial charge in [0.05, 0.1) is 7.11 Å². The Hall–Kier alpha value is -4.05. The predicted octanol–water partition coefficient (Wildman–Crippen LogP) is 6.70. The molecule has 0 fully saturated rings. The molecule has 5 rings (SSSR count). The van der Waals surface area contributed by atoms with Gasteiger partial charge in [-0.15, -0.1) is 0 Å². The standard InChI is InChI=1S/C26H20N2O2/c1-29-20-13-11-18(12-14-20)24-17-28-26-23(24)15-19(16-27-26)22-9-5-6-10-25(22)30-21-7-3-2-4-8-21/h2-17H,1H3,(H,27,28). The Labute approximate surface area is 174 Å². The fraction of sp³-hybridized carbons (Fsp3) is 0.0385. The Morgan fingerprint density at radius 3 is 2.30 bits per heavy atom. The molecular formula is C26H20N2O2. The molecule has 5 aromatic rings. The highest BCUT2D eigenvalue weighted by Crippen LogP contribution is 2.36. The number of benzene rings is 3. The number of ether oxygens (including phenoxy) is 2. The van der Waals surface area contributed by atoms with E-state index in [2.05, 4.69) is 34.2 Å². The minimum Gasteiger partial charge on any atom is -0.497 e. The minimum atomic E-state index is 0.798. The van der Waals surface area contributed by atoms with Gasteiger partial charge in [0.15, 0.2) is 0 Å². The van der Waals surface area contributed by atoms with Crippen LogP contribution < -0.4 is 9.47 Å². The van der Waals surface area contributed by atoms with Gasteiger partial charge in [-0.05, 0) is 42.0 Å². The molecule has 4 heteroatoms. The zero-order valence-electron chi connectivity index (χ0n) is 16.5. The van der Waals surface area contributed by atoms with Crippen molar-refractivity contribution < 1.29 is 9.47 Å². The topological polar surface area (TPSA) is 47.1 Å². The summed E-state index contributed by atoms with van der Waals surface area (Å²) < 4.78 is 11.4. The second-order valence-corrected chi connectivity index (χ2v) is 6.96. The van der Waals surface area contributed by atoms with Crippen molar-refractivity contribution in [3.63, 3.8) is 0 Å². The maximum atomic E-state index is 6.15. The number of methoxy groups -OCH3 is 1. The van der Waals surface area contributed by atoms with E-state index in [1.165, 1.54) is 0 Å². The van der Waals surface area contributed by atoms with Crippen LogP contribution >= 0.6 is 0 Å². The minimum absolute atomic E-state index is 0.798. The first-order valence-corrected chi connectivity index (χ1v) is 9.76. The van der Waals surface area contributed by atoms with Crippen molar-refractivity contribution >= 4 is 11.0 Å². The van der Waals surface area contributed by atoms with Gasteiger partial charge < -0.3 is 14.5 Å². The summed E-state index contributed by atoms with van der Waals surface area (Å²) in [5, 5.41) is 1.06. The molecule has 1 N–H and O–H groups in total. The number of para-hydroxylation sites is 2. The van der Waals surface area contributed by atoms with E-state index >= 15 is 0 Å². The predicted molar refractivity (Wildman–Crippen MR) is 120 cm³/mol. The fourth-order valence-electron chi connectivity index (χ4n) is 3.57. The molecule has 30 heavy (non-hydrogen) atoms. The fourth-order valence-corrected chi connectivity index (χ4v) is 3.57. The van der Waals surface area contributed by atoms with Gasteiger partial charge in [0, 0.05) is 34.5 Å². The van der Waals surface area contributed by atoms with Crippen LogP contribution in [-0.2, 0) is 0 Å². The second-order valence-electron chi connectivity index (χ2n) is 6.96. The first-order chi connectivity index (χ1) is 14.8. The van der Waals surface area contributed by atoms with E-state index in [4.69, 9.17) is 9.47 Å². The van der Waals surface area contributed by atoms with Gasteiger partial charge in [0.25, 0.3) is 0 Å². The lowest BCUT2D eigenvalue weighted by molar-refractivity contribution is 0.415. The molecule has 2 aromatic heterocycles. The smallest absolute Gasteiger partial charge is 0.137 e. The van der Waals surface area contributed by atoms with Gasteiger partial charge in [-0.1, -0.05) is 48.5 Å². The third kappa shape index (κ3) is 3.40. The number of rotatable bonds is 5. The van der Waals surface area contributed by atoms with E-state index in [1.807, 2.05) is 73.1 Å². The van der Waals surface area contributed by atoms with Crippen LogP contribution in [-0.4, -0.2) is 17.1 Å². The van der Waals surface area contributed by atoms with Gasteiger partial charge in [-0.3, -0.25) is 0 Å². The van der Waals surface area contributed by atoms with Gasteiger partial charge in [-0.25, -0.2) is 4.98 Å². The molecule has 0 amide bonds. The molecule has 0 atom stereocenters. The van der Waals surface area contributed by atoms with Crippen LogP contribution in [0.3, 0.4) is 0 Å². The molecule has 0 aliphatic rings. The molecule has 146 valence electrons. The number of hydrogen-bond donors (Lipinski definition) is 1. The summed E-state index contributed by atoms with van der Waals surface area (Å²) in [7, 11) is 1.67. The lowest BCUT2D eigenvalue weighted by atomic mass is 10.0. The van der Waals surface area contributed by atoms with Gasteiger partial charge >= 0.3 is 0 Å². The summed E-state index contributed by atoms with van der Waals surface area (Å²) in [4.78, 5) is 7.92. The molecular weight excluding hydrogens is 372 g/mol. The van der Waals surface area contributed by atoms with Crippen molar-refractivity contribution in [3.05, 3.63) is 97.3 Å². The maximum absolute atomic E-state index is 6.15. The Balaban J connectivity index is 1.57. The number of pyridine rings is 1. The van der Waals surface area contributed by atoms with Crippen LogP contribution in [0.1, 0.15) is 0 Å². The molecule has 0 aliphatic carbocycles. The largest absolute Gasteiger partial charge is 0.497 e. The first-order valence-electron chi connectivity index (χ1n) is 9.76. The number of aromatic nitrogens is 2. The summed E-state index contributed by atoms with van der Waals surface area (Å²) in [5.41, 5.74) is 5.06. The van der Waals surface area contributed by atoms with E-state index in [0.29, 0.717) is 0 Å². The normalized spacial score (nSPS) is 10.8. The molecule has 3 aromatic carbocycles. The van der Waals surface area contributed by atoms with Crippen molar-refractivity contribution in [2.24, 2.45) is 0 Å². The molecule has 0 bridgehead atoms. The number of fused-ring (bicyclic) bond motifs is 1. The zero-order chi connectivity index (χ0) is 20.3. The van der Waals surface area contributed by atoms with Crippen molar-refractivity contribution in [1.82, 2.24) is 9.97 Å². The SMILES string of the molecule is COc1ccc(-c2c[nH]c3ncc(-c4ccccc4Oc4ccccc4)cc23)cc1. The number of aromatic amines is 1. The van der Waals surface area contributed by atoms with Gasteiger partial charge in [0.1, 0.15) is 22.9 Å². The van der Waals surface area contributed by atoms with E-state index in [1.54, 1.807) is 7.11 Å². The first kappa shape index (κ1) is 18.0. The second kappa shape index (κ2) is 7.76. The molecule has 0 radical (unpaired) electrons. The summed E-state index contributed by atoms with van der Waals surface area (Å²) in [6.45, 7) is 0. The number of H-pyrrole nitrogens is 1. The zero-order valence-corrected chi connectivity index (χ0v) is 16.5. The average Bonchev–Trinajstić information content (AvgIpc) is 3.23. The Bertz CT molecular complexity index is 1290. The maximum Gasteiger partial charge on any atom is 0.137 e. The Kier molecular flexibility index (Phi) is 4.66. The third-order valence-electron chi connectivity index (χ3n) is 5.10. The highest BCUT2D eigenvalue weighted by Gasteiger charge is 2.12. The lowest BCUT2D eigenvalue weighted by Gasteiger charge is -2.11. The van der Waals surface area contributed by atoms with Crippen LogP contribution in [0, 0.1) is 0 Å². The average molecular weight is 392 g/mol. The number of hydrogen-bond acceptors (Lipinski definition) is 3. The van der Waals surface area contributed by atoms with Gasteiger partial charge in [-0.2, -0.15) is 0 Å². The summed E-state index contributed by atoms with van der Waals surface area (Å²) in [6.07, 6.45) is 3.87. The van der Waals surface area contributed by atoms with Crippen molar-refractivity contribution in [2.75, 3.05) is 7.11 Å². The Morgan fingerprint density at radius 2 is 1.50 bits per heavy atom.